The number of hydrogen-bond acceptors (Lipinski definition) is 4. The zero-order valence-electron chi connectivity index (χ0n) is 18.1. The predicted octanol–water partition coefficient (Wildman–Crippen LogP) is 3.20. The first-order chi connectivity index (χ1) is 15.0. The van der Waals surface area contributed by atoms with Crippen molar-refractivity contribution in [3.05, 3.63) is 42.0 Å². The van der Waals surface area contributed by atoms with Gasteiger partial charge in [-0.3, -0.25) is 24.2 Å². The van der Waals surface area contributed by atoms with Gasteiger partial charge in [0.05, 0.1) is 11.8 Å². The van der Waals surface area contributed by atoms with Gasteiger partial charge >= 0.3 is 0 Å². The fourth-order valence-electron chi connectivity index (χ4n) is 5.97. The zero-order valence-corrected chi connectivity index (χ0v) is 18.1. The molecule has 31 heavy (non-hydrogen) atoms. The monoisotopic (exact) mass is 421 g/mol. The van der Waals surface area contributed by atoms with Gasteiger partial charge in [-0.15, -0.1) is 0 Å². The number of hydrogen-bond donors (Lipinski definition) is 1. The van der Waals surface area contributed by atoms with Gasteiger partial charge in [0.15, 0.2) is 0 Å². The average Bonchev–Trinajstić information content (AvgIpc) is 3.37. The lowest BCUT2D eigenvalue weighted by atomic mass is 9.85. The van der Waals surface area contributed by atoms with E-state index >= 15 is 0 Å². The van der Waals surface area contributed by atoms with Gasteiger partial charge in [-0.05, 0) is 68.8 Å². The Bertz CT molecular complexity index is 888. The summed E-state index contributed by atoms with van der Waals surface area (Å²) in [7, 11) is 0. The fraction of sp³-hybridized carbons (Fsp3) is 0.560. The van der Waals surface area contributed by atoms with Crippen molar-refractivity contribution in [2.75, 3.05) is 18.4 Å². The number of rotatable bonds is 5. The number of nitrogens with one attached hydrogen (secondary N) is 1. The minimum absolute atomic E-state index is 0.155. The minimum Gasteiger partial charge on any atom is -0.324 e. The molecule has 2 bridgehead atoms. The number of anilines is 1. The van der Waals surface area contributed by atoms with Crippen LogP contribution in [0.4, 0.5) is 5.69 Å². The van der Waals surface area contributed by atoms with Crippen LogP contribution in [0.3, 0.4) is 0 Å². The molecule has 1 saturated carbocycles. The molecule has 3 fully saturated rings. The SMILES string of the molecule is CC(C(=O)Nc1cccc(CN2CCCCCC2)c1)N1C(=O)C2C3C=CC(C3)C2C1=O. The Morgan fingerprint density at radius 3 is 2.32 bits per heavy atom. The highest BCUT2D eigenvalue weighted by Gasteiger charge is 2.60. The molecular weight excluding hydrogens is 390 g/mol. The summed E-state index contributed by atoms with van der Waals surface area (Å²) in [5, 5.41) is 2.93. The smallest absolute Gasteiger partial charge is 0.247 e. The molecule has 5 atom stereocenters. The van der Waals surface area contributed by atoms with Crippen molar-refractivity contribution < 1.29 is 14.4 Å². The molecule has 1 aromatic rings. The third-order valence-electron chi connectivity index (χ3n) is 7.57. The Labute approximate surface area is 183 Å². The van der Waals surface area contributed by atoms with Crippen molar-refractivity contribution in [1.29, 1.82) is 0 Å². The highest BCUT2D eigenvalue weighted by Crippen LogP contribution is 2.52. The second-order valence-corrected chi connectivity index (χ2v) is 9.60. The van der Waals surface area contributed by atoms with Crippen molar-refractivity contribution in [3.63, 3.8) is 0 Å². The number of nitrogens with zero attached hydrogens (tertiary/aromatic N) is 2. The number of fused-ring (bicyclic) bond motifs is 5. The molecule has 5 rings (SSSR count). The van der Waals surface area contributed by atoms with E-state index in [1.165, 1.54) is 30.6 Å². The molecule has 6 nitrogen and oxygen atoms in total. The molecule has 164 valence electrons. The van der Waals surface area contributed by atoms with Crippen LogP contribution in [-0.2, 0) is 20.9 Å². The summed E-state index contributed by atoms with van der Waals surface area (Å²) >= 11 is 0. The molecule has 0 spiro atoms. The van der Waals surface area contributed by atoms with Crippen molar-refractivity contribution in [3.8, 4) is 0 Å². The number of carbonyl (C=O) groups excluding carboxylic acids is 3. The van der Waals surface area contributed by atoms with Gasteiger partial charge in [0.1, 0.15) is 6.04 Å². The lowest BCUT2D eigenvalue weighted by Crippen LogP contribution is -2.46. The molecule has 6 heteroatoms. The van der Waals surface area contributed by atoms with Gasteiger partial charge in [0.25, 0.3) is 0 Å². The van der Waals surface area contributed by atoms with E-state index in [9.17, 15) is 14.4 Å². The van der Waals surface area contributed by atoms with Crippen molar-refractivity contribution >= 4 is 23.4 Å². The van der Waals surface area contributed by atoms with Crippen molar-refractivity contribution in [2.24, 2.45) is 23.7 Å². The van der Waals surface area contributed by atoms with Gasteiger partial charge in [-0.25, -0.2) is 0 Å². The Balaban J connectivity index is 1.24. The maximum atomic E-state index is 13.0. The summed E-state index contributed by atoms with van der Waals surface area (Å²) in [6.07, 6.45) is 10.1. The molecule has 4 aliphatic rings. The summed E-state index contributed by atoms with van der Waals surface area (Å²) in [5.41, 5.74) is 1.88. The van der Waals surface area contributed by atoms with Crippen LogP contribution in [0.1, 0.15) is 44.6 Å². The Hall–Kier alpha value is -2.47. The lowest BCUT2D eigenvalue weighted by molar-refractivity contribution is -0.146. The highest BCUT2D eigenvalue weighted by atomic mass is 16.2. The molecule has 5 unspecified atom stereocenters. The van der Waals surface area contributed by atoms with Crippen LogP contribution in [0, 0.1) is 23.7 Å². The summed E-state index contributed by atoms with van der Waals surface area (Å²) in [4.78, 5) is 42.6. The van der Waals surface area contributed by atoms with E-state index < -0.39 is 6.04 Å². The Kier molecular flexibility index (Phi) is 5.42. The van der Waals surface area contributed by atoms with Gasteiger partial charge in [0, 0.05) is 12.2 Å². The minimum atomic E-state index is -0.806. The standard InChI is InChI=1S/C25H31N3O3/c1-16(28-24(30)21-18-9-10-19(14-18)22(21)25(28)31)23(29)26-20-8-6-7-17(13-20)15-27-11-4-2-3-5-12-27/h6-10,13,16,18-19,21-22H,2-5,11-12,14-15H2,1H3,(H,26,29). The van der Waals surface area contributed by atoms with Crippen LogP contribution < -0.4 is 5.32 Å². The summed E-state index contributed by atoms with van der Waals surface area (Å²) in [6.45, 7) is 4.77. The molecule has 0 aromatic heterocycles. The summed E-state index contributed by atoms with van der Waals surface area (Å²) in [5.74, 6) is -0.892. The van der Waals surface area contributed by atoms with Crippen LogP contribution in [0.5, 0.6) is 0 Å². The molecule has 3 amide bonds. The quantitative estimate of drug-likeness (QED) is 0.586. The van der Waals surface area contributed by atoms with Gasteiger partial charge in [0.2, 0.25) is 17.7 Å². The van der Waals surface area contributed by atoms with E-state index in [0.717, 1.165) is 31.6 Å². The highest BCUT2D eigenvalue weighted by molar-refractivity contribution is 6.10. The lowest BCUT2D eigenvalue weighted by Gasteiger charge is -2.24. The Morgan fingerprint density at radius 1 is 1.03 bits per heavy atom. The second kappa shape index (κ2) is 8.23. The third-order valence-corrected chi connectivity index (χ3v) is 7.57. The fourth-order valence-corrected chi connectivity index (χ4v) is 5.97. The van der Waals surface area contributed by atoms with E-state index in [-0.39, 0.29) is 41.4 Å². The molecule has 2 aliphatic heterocycles. The number of imide groups is 1. The molecule has 2 saturated heterocycles. The van der Waals surface area contributed by atoms with E-state index in [2.05, 4.69) is 28.4 Å². The first-order valence-electron chi connectivity index (χ1n) is 11.7. The molecule has 1 aromatic carbocycles. The van der Waals surface area contributed by atoms with Crippen LogP contribution in [0.25, 0.3) is 0 Å². The molecule has 0 radical (unpaired) electrons. The van der Waals surface area contributed by atoms with Crippen LogP contribution >= 0.6 is 0 Å². The number of benzene rings is 1. The summed E-state index contributed by atoms with van der Waals surface area (Å²) in [6, 6.07) is 7.10. The van der Waals surface area contributed by atoms with E-state index in [1.54, 1.807) is 6.92 Å². The van der Waals surface area contributed by atoms with Crippen molar-refractivity contribution in [2.45, 2.75) is 51.6 Å². The van der Waals surface area contributed by atoms with Crippen molar-refractivity contribution in [1.82, 2.24) is 9.80 Å². The number of amides is 3. The summed E-state index contributed by atoms with van der Waals surface area (Å²) < 4.78 is 0. The number of allylic oxidation sites excluding steroid dienone is 2. The predicted molar refractivity (Wildman–Crippen MR) is 118 cm³/mol. The first kappa shape index (κ1) is 20.4. The topological polar surface area (TPSA) is 69.7 Å². The molecule has 2 heterocycles. The number of carbonyl (C=O) groups is 3. The maximum absolute atomic E-state index is 13.0. The second-order valence-electron chi connectivity index (χ2n) is 9.60. The normalized spacial score (nSPS) is 31.1. The molecule has 1 N–H and O–H groups in total. The van der Waals surface area contributed by atoms with E-state index in [1.807, 2.05) is 18.2 Å². The van der Waals surface area contributed by atoms with E-state index in [0.29, 0.717) is 5.69 Å². The van der Waals surface area contributed by atoms with Crippen LogP contribution in [0.15, 0.2) is 36.4 Å². The largest absolute Gasteiger partial charge is 0.324 e. The maximum Gasteiger partial charge on any atom is 0.247 e. The van der Waals surface area contributed by atoms with Gasteiger partial charge < -0.3 is 5.32 Å². The van der Waals surface area contributed by atoms with Crippen LogP contribution in [0.2, 0.25) is 0 Å². The Morgan fingerprint density at radius 2 is 1.68 bits per heavy atom. The molecular formula is C25H31N3O3. The van der Waals surface area contributed by atoms with Gasteiger partial charge in [-0.1, -0.05) is 37.1 Å². The van der Waals surface area contributed by atoms with E-state index in [4.69, 9.17) is 0 Å². The number of likely N-dealkylation sites (tertiary alicyclic amines) is 2. The van der Waals surface area contributed by atoms with Gasteiger partial charge in [-0.2, -0.15) is 0 Å². The van der Waals surface area contributed by atoms with Crippen LogP contribution in [-0.4, -0.2) is 46.7 Å². The average molecular weight is 422 g/mol. The molecule has 2 aliphatic carbocycles. The first-order valence-corrected chi connectivity index (χ1v) is 11.7. The zero-order chi connectivity index (χ0) is 21.5. The third kappa shape index (κ3) is 3.71.